The van der Waals surface area contributed by atoms with Crippen molar-refractivity contribution >= 4 is 15.8 Å². The van der Waals surface area contributed by atoms with Crippen LogP contribution in [0, 0.1) is 18.3 Å². The molecule has 2 rings (SSSR count). The number of hydrogen-bond donors (Lipinski definition) is 0. The Labute approximate surface area is 154 Å². The summed E-state index contributed by atoms with van der Waals surface area (Å²) >= 11 is 0. The molecular weight excluding hydrogens is 350 g/mol. The van der Waals surface area contributed by atoms with Gasteiger partial charge >= 0.3 is 5.97 Å². The van der Waals surface area contributed by atoms with E-state index in [1.807, 2.05) is 13.0 Å². The molecule has 0 unspecified atom stereocenters. The quantitative estimate of drug-likeness (QED) is 0.698. The molecule has 0 aliphatic carbocycles. The molecule has 0 bridgehead atoms. The Morgan fingerprint density at radius 1 is 1.12 bits per heavy atom. The number of hydrogen-bond acceptors (Lipinski definition) is 5. The minimum atomic E-state index is -3.63. The van der Waals surface area contributed by atoms with Gasteiger partial charge in [-0.3, -0.25) is 0 Å². The Morgan fingerprint density at radius 2 is 1.73 bits per heavy atom. The highest BCUT2D eigenvalue weighted by molar-refractivity contribution is 7.91. The van der Waals surface area contributed by atoms with Gasteiger partial charge in [-0.05, 0) is 38.0 Å². The summed E-state index contributed by atoms with van der Waals surface area (Å²) in [5.41, 5.74) is -0.250. The van der Waals surface area contributed by atoms with E-state index in [1.165, 1.54) is 12.1 Å². The molecule has 6 heteroatoms. The van der Waals surface area contributed by atoms with Crippen LogP contribution >= 0.6 is 0 Å². The van der Waals surface area contributed by atoms with Gasteiger partial charge in [0, 0.05) is 0 Å². The zero-order valence-electron chi connectivity index (χ0n) is 14.8. The van der Waals surface area contributed by atoms with Crippen LogP contribution in [0.3, 0.4) is 0 Å². The van der Waals surface area contributed by atoms with Gasteiger partial charge in [-0.25, -0.2) is 13.2 Å². The largest absolute Gasteiger partial charge is 0.465 e. The zero-order valence-corrected chi connectivity index (χ0v) is 15.6. The SMILES string of the molecule is CCOC(=O)[C@](C#N)(CCS(=O)(=O)c1ccccc1)c1ccc(C)cc1. The summed E-state index contributed by atoms with van der Waals surface area (Å²) in [4.78, 5) is 12.8. The third-order valence-electron chi connectivity index (χ3n) is 4.21. The van der Waals surface area contributed by atoms with E-state index in [4.69, 9.17) is 4.74 Å². The van der Waals surface area contributed by atoms with Gasteiger partial charge in [0.05, 0.1) is 23.3 Å². The van der Waals surface area contributed by atoms with Crippen molar-refractivity contribution in [1.82, 2.24) is 0 Å². The molecule has 0 saturated carbocycles. The van der Waals surface area contributed by atoms with Crippen LogP contribution in [0.1, 0.15) is 24.5 Å². The molecule has 0 N–H and O–H groups in total. The predicted molar refractivity (Wildman–Crippen MR) is 98.2 cm³/mol. The van der Waals surface area contributed by atoms with E-state index in [2.05, 4.69) is 0 Å². The van der Waals surface area contributed by atoms with Gasteiger partial charge in [0.15, 0.2) is 15.3 Å². The standard InChI is InChI=1S/C20H21NO4S/c1-3-25-19(22)20(15-21,17-11-9-16(2)10-12-17)13-14-26(23,24)18-7-5-4-6-8-18/h4-12H,3,13-14H2,1-2H3/t20-/m0/s1. The lowest BCUT2D eigenvalue weighted by Crippen LogP contribution is -2.38. The first-order valence-corrected chi connectivity index (χ1v) is 9.94. The molecule has 0 aliphatic rings. The van der Waals surface area contributed by atoms with E-state index in [0.29, 0.717) is 5.56 Å². The monoisotopic (exact) mass is 371 g/mol. The van der Waals surface area contributed by atoms with Crippen molar-refractivity contribution in [2.24, 2.45) is 0 Å². The summed E-state index contributed by atoms with van der Waals surface area (Å²) in [6.07, 6.45) is -0.178. The number of carbonyl (C=O) groups is 1. The Kier molecular flexibility index (Phi) is 6.17. The summed E-state index contributed by atoms with van der Waals surface area (Å²) in [6, 6.07) is 16.9. The predicted octanol–water partition coefficient (Wildman–Crippen LogP) is 3.18. The van der Waals surface area contributed by atoms with Gasteiger partial charge in [0.25, 0.3) is 0 Å². The Bertz CT molecular complexity index is 899. The maximum Gasteiger partial charge on any atom is 0.331 e. The molecule has 26 heavy (non-hydrogen) atoms. The van der Waals surface area contributed by atoms with E-state index in [-0.39, 0.29) is 23.7 Å². The first-order chi connectivity index (χ1) is 12.4. The van der Waals surface area contributed by atoms with Crippen LogP contribution in [-0.4, -0.2) is 26.7 Å². The normalized spacial score (nSPS) is 13.4. The molecule has 136 valence electrons. The fourth-order valence-electron chi connectivity index (χ4n) is 2.66. The third kappa shape index (κ3) is 4.12. The third-order valence-corrected chi connectivity index (χ3v) is 5.94. The zero-order chi connectivity index (χ0) is 19.2. The molecule has 0 aliphatic heterocycles. The lowest BCUT2D eigenvalue weighted by molar-refractivity contribution is -0.147. The van der Waals surface area contributed by atoms with Crippen LogP contribution in [0.4, 0.5) is 0 Å². The number of rotatable bonds is 7. The summed E-state index contributed by atoms with van der Waals surface area (Å²) < 4.78 is 30.3. The molecule has 0 fully saturated rings. The molecule has 0 spiro atoms. The highest BCUT2D eigenvalue weighted by Gasteiger charge is 2.43. The van der Waals surface area contributed by atoms with E-state index < -0.39 is 21.2 Å². The molecule has 2 aromatic carbocycles. The number of benzene rings is 2. The molecule has 5 nitrogen and oxygen atoms in total. The summed E-state index contributed by atoms with van der Waals surface area (Å²) in [6.45, 7) is 3.65. The van der Waals surface area contributed by atoms with E-state index in [9.17, 15) is 18.5 Å². The van der Waals surface area contributed by atoms with Gasteiger partial charge < -0.3 is 4.74 Å². The molecule has 2 aromatic rings. The highest BCUT2D eigenvalue weighted by Crippen LogP contribution is 2.31. The van der Waals surface area contributed by atoms with Crippen molar-refractivity contribution < 1.29 is 17.9 Å². The van der Waals surface area contributed by atoms with Gasteiger partial charge in [-0.15, -0.1) is 0 Å². The number of sulfone groups is 1. The van der Waals surface area contributed by atoms with Crippen LogP contribution in [-0.2, 0) is 24.8 Å². The molecule has 0 amide bonds. The lowest BCUT2D eigenvalue weighted by Gasteiger charge is -2.25. The molecular formula is C20H21NO4S. The molecule has 0 saturated heterocycles. The molecule has 0 aromatic heterocycles. The first kappa shape index (κ1) is 19.7. The van der Waals surface area contributed by atoms with Gasteiger partial charge in [0.2, 0.25) is 0 Å². The summed E-state index contributed by atoms with van der Waals surface area (Å²) in [5.74, 6) is -1.06. The second kappa shape index (κ2) is 8.15. The first-order valence-electron chi connectivity index (χ1n) is 8.29. The highest BCUT2D eigenvalue weighted by atomic mass is 32.2. The fourth-order valence-corrected chi connectivity index (χ4v) is 4.04. The van der Waals surface area contributed by atoms with Crippen molar-refractivity contribution in [1.29, 1.82) is 5.26 Å². The van der Waals surface area contributed by atoms with E-state index in [0.717, 1.165) is 5.56 Å². The smallest absolute Gasteiger partial charge is 0.331 e. The molecule has 0 heterocycles. The fraction of sp³-hybridized carbons (Fsp3) is 0.300. The van der Waals surface area contributed by atoms with Crippen molar-refractivity contribution in [2.45, 2.75) is 30.6 Å². The number of esters is 1. The van der Waals surface area contributed by atoms with Crippen molar-refractivity contribution in [3.05, 3.63) is 65.7 Å². The second-order valence-corrected chi connectivity index (χ2v) is 8.09. The average Bonchev–Trinajstić information content (AvgIpc) is 2.65. The summed E-state index contributed by atoms with van der Waals surface area (Å²) in [5, 5.41) is 9.82. The Hall–Kier alpha value is -2.65. The number of nitrogens with zero attached hydrogens (tertiary/aromatic N) is 1. The van der Waals surface area contributed by atoms with Crippen molar-refractivity contribution in [2.75, 3.05) is 12.4 Å². The number of nitriles is 1. The Morgan fingerprint density at radius 3 is 2.27 bits per heavy atom. The minimum Gasteiger partial charge on any atom is -0.465 e. The maximum absolute atomic E-state index is 12.6. The van der Waals surface area contributed by atoms with Gasteiger partial charge in [-0.2, -0.15) is 5.26 Å². The topological polar surface area (TPSA) is 84.2 Å². The van der Waals surface area contributed by atoms with Crippen LogP contribution in [0.15, 0.2) is 59.5 Å². The average molecular weight is 371 g/mol. The summed E-state index contributed by atoms with van der Waals surface area (Å²) in [7, 11) is -3.63. The van der Waals surface area contributed by atoms with Crippen LogP contribution < -0.4 is 0 Å². The van der Waals surface area contributed by atoms with E-state index in [1.54, 1.807) is 49.4 Å². The van der Waals surface area contributed by atoms with E-state index >= 15 is 0 Å². The Balaban J connectivity index is 2.40. The number of ether oxygens (including phenoxy) is 1. The minimum absolute atomic E-state index is 0.111. The second-order valence-electron chi connectivity index (χ2n) is 5.99. The van der Waals surface area contributed by atoms with Crippen LogP contribution in [0.25, 0.3) is 0 Å². The van der Waals surface area contributed by atoms with Crippen LogP contribution in [0.2, 0.25) is 0 Å². The van der Waals surface area contributed by atoms with Crippen molar-refractivity contribution in [3.63, 3.8) is 0 Å². The van der Waals surface area contributed by atoms with Crippen LogP contribution in [0.5, 0.6) is 0 Å². The lowest BCUT2D eigenvalue weighted by atomic mass is 9.79. The van der Waals surface area contributed by atoms with Crippen molar-refractivity contribution in [3.8, 4) is 6.07 Å². The molecule has 0 radical (unpaired) electrons. The van der Waals surface area contributed by atoms with Gasteiger partial charge in [0.1, 0.15) is 0 Å². The number of carbonyl (C=O) groups excluding carboxylic acids is 1. The molecule has 1 atom stereocenters. The number of aryl methyl sites for hydroxylation is 1. The maximum atomic E-state index is 12.6. The van der Waals surface area contributed by atoms with Gasteiger partial charge in [-0.1, -0.05) is 48.0 Å².